The van der Waals surface area contributed by atoms with E-state index in [0.29, 0.717) is 35.3 Å². The lowest BCUT2D eigenvalue weighted by Gasteiger charge is -2.22. The van der Waals surface area contributed by atoms with Crippen molar-refractivity contribution in [2.45, 2.75) is 6.54 Å². The van der Waals surface area contributed by atoms with Crippen LogP contribution in [0.25, 0.3) is 10.9 Å². The fourth-order valence-electron chi connectivity index (χ4n) is 3.05. The van der Waals surface area contributed by atoms with Crippen LogP contribution in [0.2, 0.25) is 5.02 Å². The van der Waals surface area contributed by atoms with Crippen molar-refractivity contribution >= 4 is 28.4 Å². The number of amides is 1. The van der Waals surface area contributed by atoms with Crippen molar-refractivity contribution in [2.75, 3.05) is 20.8 Å². The Morgan fingerprint density at radius 3 is 2.74 bits per heavy atom. The van der Waals surface area contributed by atoms with Gasteiger partial charge in [0.15, 0.2) is 11.5 Å². The number of benzene rings is 2. The van der Waals surface area contributed by atoms with Crippen LogP contribution < -0.4 is 9.47 Å². The van der Waals surface area contributed by atoms with Gasteiger partial charge in [0.05, 0.1) is 20.8 Å². The molecule has 0 unspecified atom stereocenters. The molecule has 1 heterocycles. The van der Waals surface area contributed by atoms with Gasteiger partial charge in [0.1, 0.15) is 5.69 Å². The largest absolute Gasteiger partial charge is 0.493 e. The Morgan fingerprint density at radius 2 is 2.04 bits per heavy atom. The first-order valence-electron chi connectivity index (χ1n) is 8.45. The van der Waals surface area contributed by atoms with Crippen LogP contribution in [0, 0.1) is 0 Å². The highest BCUT2D eigenvalue weighted by Crippen LogP contribution is 2.32. The highest BCUT2D eigenvalue weighted by Gasteiger charge is 2.20. The number of rotatable bonds is 7. The van der Waals surface area contributed by atoms with Gasteiger partial charge in [-0.05, 0) is 30.3 Å². The smallest absolute Gasteiger partial charge is 0.270 e. The van der Waals surface area contributed by atoms with Crippen molar-refractivity contribution in [1.82, 2.24) is 9.88 Å². The number of halogens is 1. The third kappa shape index (κ3) is 3.93. The average molecular weight is 385 g/mol. The van der Waals surface area contributed by atoms with E-state index in [4.69, 9.17) is 21.1 Å². The molecule has 0 saturated heterocycles. The molecule has 2 aromatic carbocycles. The van der Waals surface area contributed by atoms with Crippen LogP contribution in [0.5, 0.6) is 11.5 Å². The molecule has 140 valence electrons. The average Bonchev–Trinajstić information content (AvgIpc) is 3.09. The number of nitrogens with zero attached hydrogens (tertiary/aromatic N) is 1. The van der Waals surface area contributed by atoms with Crippen LogP contribution in [0.4, 0.5) is 0 Å². The minimum absolute atomic E-state index is 0.132. The van der Waals surface area contributed by atoms with Gasteiger partial charge in [-0.3, -0.25) is 4.79 Å². The first-order valence-corrected chi connectivity index (χ1v) is 8.83. The molecule has 0 fully saturated rings. The fraction of sp³-hybridized carbons (Fsp3) is 0.190. The summed E-state index contributed by atoms with van der Waals surface area (Å²) in [5.41, 5.74) is 2.21. The number of hydrogen-bond acceptors (Lipinski definition) is 3. The number of ether oxygens (including phenoxy) is 2. The molecule has 3 rings (SSSR count). The fourth-order valence-corrected chi connectivity index (χ4v) is 3.23. The zero-order chi connectivity index (χ0) is 19.4. The summed E-state index contributed by atoms with van der Waals surface area (Å²) in [7, 11) is 3.17. The van der Waals surface area contributed by atoms with Gasteiger partial charge in [-0.15, -0.1) is 6.58 Å². The predicted molar refractivity (Wildman–Crippen MR) is 108 cm³/mol. The standard InChI is InChI=1S/C21H21ClN2O3/c1-4-10-24(13-14-6-5-7-19(26-2)20(14)27-3)21(25)18-12-15-11-16(22)8-9-17(15)23-18/h4-9,11-12,23H,1,10,13H2,2-3H3. The molecule has 1 aromatic heterocycles. The van der Waals surface area contributed by atoms with E-state index in [9.17, 15) is 4.79 Å². The first kappa shape index (κ1) is 18.9. The second kappa shape index (κ2) is 8.18. The molecule has 3 aromatic rings. The molecule has 0 aliphatic rings. The van der Waals surface area contributed by atoms with Crippen molar-refractivity contribution in [3.8, 4) is 11.5 Å². The third-order valence-corrected chi connectivity index (χ3v) is 4.53. The van der Waals surface area contributed by atoms with Crippen LogP contribution in [0.1, 0.15) is 16.1 Å². The molecule has 6 heteroatoms. The maximum absolute atomic E-state index is 13.1. The third-order valence-electron chi connectivity index (χ3n) is 4.30. The Hall–Kier alpha value is -2.92. The number of para-hydroxylation sites is 1. The maximum Gasteiger partial charge on any atom is 0.270 e. The Bertz CT molecular complexity index is 981. The highest BCUT2D eigenvalue weighted by atomic mass is 35.5. The van der Waals surface area contributed by atoms with E-state index in [0.717, 1.165) is 16.5 Å². The Morgan fingerprint density at radius 1 is 1.22 bits per heavy atom. The predicted octanol–water partition coefficient (Wildman–Crippen LogP) is 4.67. The second-order valence-corrected chi connectivity index (χ2v) is 6.48. The van der Waals surface area contributed by atoms with Gasteiger partial charge in [0.2, 0.25) is 0 Å². The lowest BCUT2D eigenvalue weighted by atomic mass is 10.1. The van der Waals surface area contributed by atoms with Crippen molar-refractivity contribution < 1.29 is 14.3 Å². The summed E-state index contributed by atoms with van der Waals surface area (Å²) in [5.74, 6) is 1.11. The summed E-state index contributed by atoms with van der Waals surface area (Å²) in [5, 5.41) is 1.52. The summed E-state index contributed by atoms with van der Waals surface area (Å²) >= 11 is 6.04. The van der Waals surface area contributed by atoms with E-state index in [1.54, 1.807) is 31.3 Å². The van der Waals surface area contributed by atoms with E-state index in [-0.39, 0.29) is 5.91 Å². The maximum atomic E-state index is 13.1. The van der Waals surface area contributed by atoms with Crippen LogP contribution in [0.3, 0.4) is 0 Å². The van der Waals surface area contributed by atoms with Gasteiger partial charge >= 0.3 is 0 Å². The number of aromatic amines is 1. The normalized spacial score (nSPS) is 10.6. The Labute approximate surface area is 163 Å². The van der Waals surface area contributed by atoms with Crippen molar-refractivity contribution in [3.05, 3.63) is 71.4 Å². The van der Waals surface area contributed by atoms with Gasteiger partial charge < -0.3 is 19.4 Å². The molecular weight excluding hydrogens is 364 g/mol. The Balaban J connectivity index is 1.92. The number of fused-ring (bicyclic) bond motifs is 1. The van der Waals surface area contributed by atoms with Crippen LogP contribution >= 0.6 is 11.6 Å². The van der Waals surface area contributed by atoms with Crippen LogP contribution in [0.15, 0.2) is 55.1 Å². The molecule has 0 saturated carbocycles. The van der Waals surface area contributed by atoms with E-state index >= 15 is 0 Å². The summed E-state index contributed by atoms with van der Waals surface area (Å²) < 4.78 is 10.8. The summed E-state index contributed by atoms with van der Waals surface area (Å²) in [6, 6.07) is 12.9. The lowest BCUT2D eigenvalue weighted by molar-refractivity contribution is 0.0756. The van der Waals surface area contributed by atoms with Gasteiger partial charge in [-0.2, -0.15) is 0 Å². The van der Waals surface area contributed by atoms with Gasteiger partial charge in [0, 0.05) is 28.0 Å². The molecule has 0 bridgehead atoms. The van der Waals surface area contributed by atoms with E-state index < -0.39 is 0 Å². The first-order chi connectivity index (χ1) is 13.1. The monoisotopic (exact) mass is 384 g/mol. The zero-order valence-electron chi connectivity index (χ0n) is 15.3. The number of methoxy groups -OCH3 is 2. The van der Waals surface area contributed by atoms with Crippen molar-refractivity contribution in [2.24, 2.45) is 0 Å². The summed E-state index contributed by atoms with van der Waals surface area (Å²) in [4.78, 5) is 17.9. The minimum Gasteiger partial charge on any atom is -0.493 e. The Kier molecular flexibility index (Phi) is 5.72. The van der Waals surface area contributed by atoms with Gasteiger partial charge in [0.25, 0.3) is 5.91 Å². The number of aromatic nitrogens is 1. The van der Waals surface area contributed by atoms with Crippen molar-refractivity contribution in [3.63, 3.8) is 0 Å². The van der Waals surface area contributed by atoms with Gasteiger partial charge in [-0.1, -0.05) is 29.8 Å². The summed E-state index contributed by atoms with van der Waals surface area (Å²) in [6.45, 7) is 4.53. The van der Waals surface area contributed by atoms with Gasteiger partial charge in [-0.25, -0.2) is 0 Å². The molecule has 27 heavy (non-hydrogen) atoms. The second-order valence-electron chi connectivity index (χ2n) is 6.04. The molecule has 1 amide bonds. The molecule has 5 nitrogen and oxygen atoms in total. The molecule has 0 spiro atoms. The minimum atomic E-state index is -0.132. The summed E-state index contributed by atoms with van der Waals surface area (Å²) in [6.07, 6.45) is 1.70. The molecule has 0 aliphatic carbocycles. The molecule has 0 aliphatic heterocycles. The number of nitrogens with one attached hydrogen (secondary N) is 1. The number of H-pyrrole nitrogens is 1. The highest BCUT2D eigenvalue weighted by molar-refractivity contribution is 6.31. The zero-order valence-corrected chi connectivity index (χ0v) is 16.0. The topological polar surface area (TPSA) is 54.6 Å². The SMILES string of the molecule is C=CCN(Cc1cccc(OC)c1OC)C(=O)c1cc2cc(Cl)ccc2[nH]1. The van der Waals surface area contributed by atoms with E-state index in [1.165, 1.54) is 0 Å². The van der Waals surface area contributed by atoms with Crippen LogP contribution in [-0.2, 0) is 6.54 Å². The van der Waals surface area contributed by atoms with E-state index in [2.05, 4.69) is 11.6 Å². The van der Waals surface area contributed by atoms with Crippen molar-refractivity contribution in [1.29, 1.82) is 0 Å². The van der Waals surface area contributed by atoms with Crippen LogP contribution in [-0.4, -0.2) is 36.6 Å². The number of hydrogen-bond donors (Lipinski definition) is 1. The molecule has 0 radical (unpaired) electrons. The number of carbonyl (C=O) groups is 1. The lowest BCUT2D eigenvalue weighted by Crippen LogP contribution is -2.31. The van der Waals surface area contributed by atoms with E-state index in [1.807, 2.05) is 36.4 Å². The number of carbonyl (C=O) groups excluding carboxylic acids is 1. The molecular formula is C21H21ClN2O3. The molecule has 0 atom stereocenters. The molecule has 1 N–H and O–H groups in total. The quantitative estimate of drug-likeness (QED) is 0.602.